The fourth-order valence-corrected chi connectivity index (χ4v) is 1.55. The third-order valence-electron chi connectivity index (χ3n) is 1.89. The Morgan fingerprint density at radius 1 is 1.18 bits per heavy atom. The van der Waals surface area contributed by atoms with Gasteiger partial charge in [0.15, 0.2) is 17.3 Å². The summed E-state index contributed by atoms with van der Waals surface area (Å²) in [6.45, 7) is 2.54. The standard InChI is InChI=1S/C11H10Cl2N2O2/c1-6(16)11(7(2)17)15-14-10-4-3-8(12)5-9(10)13/h3-5,14H,1-2H3. The number of carbonyl (C=O) groups is 2. The lowest BCUT2D eigenvalue weighted by atomic mass is 10.2. The highest BCUT2D eigenvalue weighted by Gasteiger charge is 2.11. The average Bonchev–Trinajstić information content (AvgIpc) is 2.20. The first-order valence-electron chi connectivity index (χ1n) is 4.72. The number of ketones is 2. The molecule has 0 amide bonds. The highest BCUT2D eigenvalue weighted by atomic mass is 35.5. The van der Waals surface area contributed by atoms with E-state index < -0.39 is 11.6 Å². The van der Waals surface area contributed by atoms with Crippen LogP contribution in [-0.4, -0.2) is 17.3 Å². The van der Waals surface area contributed by atoms with Crippen LogP contribution in [0.1, 0.15) is 13.8 Å². The maximum absolute atomic E-state index is 11.1. The van der Waals surface area contributed by atoms with Crippen LogP contribution in [0.2, 0.25) is 10.0 Å². The molecule has 0 unspecified atom stereocenters. The van der Waals surface area contributed by atoms with Gasteiger partial charge < -0.3 is 0 Å². The summed E-state index contributed by atoms with van der Waals surface area (Å²) in [5.41, 5.74) is 2.87. The monoisotopic (exact) mass is 272 g/mol. The molecular formula is C11H10Cl2N2O2. The zero-order valence-corrected chi connectivity index (χ0v) is 10.8. The number of nitrogens with zero attached hydrogens (tertiary/aromatic N) is 1. The molecule has 0 saturated carbocycles. The van der Waals surface area contributed by atoms with Gasteiger partial charge in [-0.15, -0.1) is 0 Å². The Morgan fingerprint density at radius 3 is 2.24 bits per heavy atom. The lowest BCUT2D eigenvalue weighted by Crippen LogP contribution is -2.20. The number of halogens is 2. The molecule has 0 spiro atoms. The van der Waals surface area contributed by atoms with Crippen molar-refractivity contribution in [3.8, 4) is 0 Å². The maximum atomic E-state index is 11.1. The van der Waals surface area contributed by atoms with Gasteiger partial charge in [-0.05, 0) is 18.2 Å². The van der Waals surface area contributed by atoms with E-state index in [1.54, 1.807) is 12.1 Å². The molecule has 0 aliphatic rings. The minimum Gasteiger partial charge on any atom is -0.293 e. The number of hydrogen-bond donors (Lipinski definition) is 1. The first kappa shape index (κ1) is 13.7. The first-order valence-corrected chi connectivity index (χ1v) is 5.48. The molecule has 1 aromatic carbocycles. The van der Waals surface area contributed by atoms with Crippen molar-refractivity contribution in [2.45, 2.75) is 13.8 Å². The van der Waals surface area contributed by atoms with Gasteiger partial charge in [-0.2, -0.15) is 5.10 Å². The van der Waals surface area contributed by atoms with Crippen molar-refractivity contribution in [2.24, 2.45) is 5.10 Å². The van der Waals surface area contributed by atoms with Gasteiger partial charge in [-0.3, -0.25) is 15.0 Å². The maximum Gasteiger partial charge on any atom is 0.183 e. The molecule has 0 heterocycles. The van der Waals surface area contributed by atoms with Crippen molar-refractivity contribution in [3.63, 3.8) is 0 Å². The Balaban J connectivity index is 2.95. The molecule has 4 nitrogen and oxygen atoms in total. The number of rotatable bonds is 4. The van der Waals surface area contributed by atoms with Crippen LogP contribution in [0.15, 0.2) is 23.3 Å². The fraction of sp³-hybridized carbons (Fsp3) is 0.182. The summed E-state index contributed by atoms with van der Waals surface area (Å²) in [4.78, 5) is 22.2. The second-order valence-corrected chi connectivity index (χ2v) is 4.15. The molecular weight excluding hydrogens is 263 g/mol. The molecule has 0 aliphatic heterocycles. The van der Waals surface area contributed by atoms with Crippen molar-refractivity contribution in [1.82, 2.24) is 0 Å². The van der Waals surface area contributed by atoms with Crippen LogP contribution in [0.5, 0.6) is 0 Å². The quantitative estimate of drug-likeness (QED) is 0.521. The Labute approximate surface area is 109 Å². The second-order valence-electron chi connectivity index (χ2n) is 3.31. The Hall–Kier alpha value is -1.39. The summed E-state index contributed by atoms with van der Waals surface area (Å²) in [7, 11) is 0. The van der Waals surface area contributed by atoms with E-state index in [2.05, 4.69) is 10.5 Å². The van der Waals surface area contributed by atoms with Crippen LogP contribution < -0.4 is 5.43 Å². The van der Waals surface area contributed by atoms with E-state index in [1.807, 2.05) is 0 Å². The largest absolute Gasteiger partial charge is 0.293 e. The normalized spacial score (nSPS) is 9.65. The van der Waals surface area contributed by atoms with E-state index in [-0.39, 0.29) is 5.71 Å². The van der Waals surface area contributed by atoms with Crippen LogP contribution in [0.4, 0.5) is 5.69 Å². The summed E-state index contributed by atoms with van der Waals surface area (Å²) in [6, 6.07) is 4.75. The van der Waals surface area contributed by atoms with Crippen LogP contribution in [0.3, 0.4) is 0 Å². The molecule has 17 heavy (non-hydrogen) atoms. The second kappa shape index (κ2) is 5.80. The lowest BCUT2D eigenvalue weighted by molar-refractivity contribution is -0.114. The predicted molar refractivity (Wildman–Crippen MR) is 68.9 cm³/mol. The molecule has 0 bridgehead atoms. The zero-order chi connectivity index (χ0) is 13.0. The molecule has 0 saturated heterocycles. The molecule has 0 aliphatic carbocycles. The number of hydrazone groups is 1. The van der Waals surface area contributed by atoms with Crippen molar-refractivity contribution >= 4 is 46.2 Å². The molecule has 0 atom stereocenters. The molecule has 6 heteroatoms. The van der Waals surface area contributed by atoms with Crippen LogP contribution in [0, 0.1) is 0 Å². The number of hydrogen-bond acceptors (Lipinski definition) is 4. The van der Waals surface area contributed by atoms with Crippen molar-refractivity contribution in [3.05, 3.63) is 28.2 Å². The predicted octanol–water partition coefficient (Wildman–Crippen LogP) is 2.94. The molecule has 90 valence electrons. The lowest BCUT2D eigenvalue weighted by Gasteiger charge is -2.04. The number of anilines is 1. The molecule has 1 aromatic rings. The molecule has 0 fully saturated rings. The van der Waals surface area contributed by atoms with Gasteiger partial charge in [0, 0.05) is 18.9 Å². The van der Waals surface area contributed by atoms with Gasteiger partial charge >= 0.3 is 0 Å². The summed E-state index contributed by atoms with van der Waals surface area (Å²) in [6.07, 6.45) is 0. The van der Waals surface area contributed by atoms with E-state index in [0.717, 1.165) is 0 Å². The molecule has 0 radical (unpaired) electrons. The highest BCUT2D eigenvalue weighted by Crippen LogP contribution is 2.25. The van der Waals surface area contributed by atoms with Gasteiger partial charge in [0.2, 0.25) is 0 Å². The number of benzene rings is 1. The van der Waals surface area contributed by atoms with E-state index in [0.29, 0.717) is 15.7 Å². The summed E-state index contributed by atoms with van der Waals surface area (Å²) in [5.74, 6) is -0.815. The minimum absolute atomic E-state index is 0.156. The smallest absolute Gasteiger partial charge is 0.183 e. The van der Waals surface area contributed by atoms with Gasteiger partial charge in [-0.1, -0.05) is 23.2 Å². The Morgan fingerprint density at radius 2 is 1.76 bits per heavy atom. The van der Waals surface area contributed by atoms with Crippen LogP contribution >= 0.6 is 23.2 Å². The van der Waals surface area contributed by atoms with E-state index >= 15 is 0 Å². The summed E-state index contributed by atoms with van der Waals surface area (Å²) < 4.78 is 0. The zero-order valence-electron chi connectivity index (χ0n) is 9.25. The van der Waals surface area contributed by atoms with Crippen LogP contribution in [-0.2, 0) is 9.59 Å². The highest BCUT2D eigenvalue weighted by molar-refractivity contribution is 6.65. The summed E-state index contributed by atoms with van der Waals surface area (Å²) in [5, 5.41) is 4.57. The first-order chi connectivity index (χ1) is 7.91. The van der Waals surface area contributed by atoms with E-state index in [9.17, 15) is 9.59 Å². The SMILES string of the molecule is CC(=O)C(=NNc1ccc(Cl)cc1Cl)C(C)=O. The number of Topliss-reactive ketones (excluding diaryl/α,β-unsaturated/α-hetero) is 2. The number of carbonyl (C=O) groups excluding carboxylic acids is 2. The van der Waals surface area contributed by atoms with E-state index in [1.165, 1.54) is 19.9 Å². The van der Waals surface area contributed by atoms with Crippen molar-refractivity contribution in [1.29, 1.82) is 0 Å². The topological polar surface area (TPSA) is 58.5 Å². The fourth-order valence-electron chi connectivity index (χ4n) is 1.10. The van der Waals surface area contributed by atoms with Crippen molar-refractivity contribution in [2.75, 3.05) is 5.43 Å². The van der Waals surface area contributed by atoms with Gasteiger partial charge in [0.25, 0.3) is 0 Å². The molecule has 1 rings (SSSR count). The minimum atomic E-state index is -0.407. The molecule has 0 aromatic heterocycles. The third kappa shape index (κ3) is 3.84. The average molecular weight is 273 g/mol. The third-order valence-corrected chi connectivity index (χ3v) is 2.43. The van der Waals surface area contributed by atoms with Crippen LogP contribution in [0.25, 0.3) is 0 Å². The van der Waals surface area contributed by atoms with Gasteiger partial charge in [0.1, 0.15) is 0 Å². The van der Waals surface area contributed by atoms with E-state index in [4.69, 9.17) is 23.2 Å². The Kier molecular flexibility index (Phi) is 4.66. The van der Waals surface area contributed by atoms with Crippen molar-refractivity contribution < 1.29 is 9.59 Å². The summed E-state index contributed by atoms with van der Waals surface area (Å²) >= 11 is 11.6. The van der Waals surface area contributed by atoms with Gasteiger partial charge in [-0.25, -0.2) is 0 Å². The molecule has 1 N–H and O–H groups in total. The van der Waals surface area contributed by atoms with Gasteiger partial charge in [0.05, 0.1) is 10.7 Å². The number of nitrogens with one attached hydrogen (secondary N) is 1. The Bertz CT molecular complexity index is 482.